The summed E-state index contributed by atoms with van der Waals surface area (Å²) < 4.78 is 18.3. The van der Waals surface area contributed by atoms with E-state index in [0.29, 0.717) is 13.0 Å². The Morgan fingerprint density at radius 1 is 1.26 bits per heavy atom. The Labute approximate surface area is 140 Å². The average molecular weight is 337 g/mol. The molecule has 1 aromatic rings. The van der Waals surface area contributed by atoms with Gasteiger partial charge in [0.1, 0.15) is 6.29 Å². The molecule has 0 spiro atoms. The molecule has 1 aliphatic rings. The topological polar surface area (TPSA) is 44.8 Å². The lowest BCUT2D eigenvalue weighted by Crippen LogP contribution is -2.51. The van der Waals surface area contributed by atoms with Crippen LogP contribution >= 0.6 is 0 Å². The Kier molecular flexibility index (Phi) is 5.78. The first-order valence-electron chi connectivity index (χ1n) is 8.18. The molecule has 128 valence electrons. The Bertz CT molecular complexity index is 510. The number of carbonyl (C=O) groups excluding carboxylic acids is 1. The molecule has 0 aliphatic carbocycles. The van der Waals surface area contributed by atoms with Crippen LogP contribution in [-0.4, -0.2) is 33.4 Å². The van der Waals surface area contributed by atoms with Gasteiger partial charge in [-0.2, -0.15) is 0 Å². The number of aldehydes is 1. The van der Waals surface area contributed by atoms with E-state index in [4.69, 9.17) is 13.9 Å². The largest absolute Gasteiger partial charge is 0.409 e. The molecule has 23 heavy (non-hydrogen) atoms. The van der Waals surface area contributed by atoms with E-state index in [1.807, 2.05) is 30.3 Å². The summed E-state index contributed by atoms with van der Waals surface area (Å²) in [6.45, 7) is 11.5. The van der Waals surface area contributed by atoms with Gasteiger partial charge in [-0.15, -0.1) is 0 Å². The van der Waals surface area contributed by atoms with E-state index in [1.165, 1.54) is 0 Å². The number of hydrogen-bond donors (Lipinski definition) is 0. The number of hydrogen-bond acceptors (Lipinski definition) is 4. The normalized spacial score (nSPS) is 26.0. The fourth-order valence-electron chi connectivity index (χ4n) is 2.33. The van der Waals surface area contributed by atoms with Crippen molar-refractivity contribution in [2.24, 2.45) is 0 Å². The Morgan fingerprint density at radius 3 is 2.48 bits per heavy atom. The highest BCUT2D eigenvalue weighted by Gasteiger charge is 2.43. The highest BCUT2D eigenvalue weighted by atomic mass is 28.4. The second kappa shape index (κ2) is 7.26. The van der Waals surface area contributed by atoms with Crippen molar-refractivity contribution >= 4 is 14.6 Å². The van der Waals surface area contributed by atoms with Crippen LogP contribution < -0.4 is 0 Å². The molecule has 1 saturated heterocycles. The van der Waals surface area contributed by atoms with E-state index in [-0.39, 0.29) is 17.2 Å². The molecule has 5 heteroatoms. The van der Waals surface area contributed by atoms with Gasteiger partial charge in [0.25, 0.3) is 0 Å². The third-order valence-electron chi connectivity index (χ3n) is 4.78. The van der Waals surface area contributed by atoms with Crippen molar-refractivity contribution in [1.29, 1.82) is 0 Å². The lowest BCUT2D eigenvalue weighted by atomic mass is 10.1. The summed E-state index contributed by atoms with van der Waals surface area (Å²) in [5.41, 5.74) is 0.967. The van der Waals surface area contributed by atoms with Gasteiger partial charge in [-0.1, -0.05) is 51.1 Å². The molecule has 2 rings (SSSR count). The summed E-state index contributed by atoms with van der Waals surface area (Å²) in [5, 5.41) is 0.106. The average Bonchev–Trinajstić information content (AvgIpc) is 2.49. The summed E-state index contributed by atoms with van der Waals surface area (Å²) in [6, 6.07) is 9.80. The van der Waals surface area contributed by atoms with Crippen molar-refractivity contribution < 1.29 is 18.7 Å². The van der Waals surface area contributed by atoms with Crippen molar-refractivity contribution in [2.45, 2.75) is 63.8 Å². The molecule has 0 bridgehead atoms. The highest BCUT2D eigenvalue weighted by Crippen LogP contribution is 2.39. The van der Waals surface area contributed by atoms with Crippen LogP contribution in [0, 0.1) is 0 Å². The second-order valence-corrected chi connectivity index (χ2v) is 12.3. The molecule has 1 fully saturated rings. The first-order valence-corrected chi connectivity index (χ1v) is 11.1. The predicted molar refractivity (Wildman–Crippen MR) is 92.8 cm³/mol. The number of rotatable bonds is 5. The zero-order chi connectivity index (χ0) is 17.1. The quantitative estimate of drug-likeness (QED) is 0.600. The van der Waals surface area contributed by atoms with Gasteiger partial charge in [0.15, 0.2) is 14.6 Å². The van der Waals surface area contributed by atoms with Crippen LogP contribution in [0.5, 0.6) is 0 Å². The maximum Gasteiger partial charge on any atom is 0.192 e. The molecule has 1 aromatic carbocycles. The molecule has 1 aliphatic heterocycles. The van der Waals surface area contributed by atoms with E-state index < -0.39 is 14.6 Å². The van der Waals surface area contributed by atoms with Gasteiger partial charge in [0.2, 0.25) is 0 Å². The summed E-state index contributed by atoms with van der Waals surface area (Å²) in [6.07, 6.45) is 0.341. The van der Waals surface area contributed by atoms with E-state index in [9.17, 15) is 4.79 Å². The van der Waals surface area contributed by atoms with E-state index in [0.717, 1.165) is 11.8 Å². The number of carbonyl (C=O) groups is 1. The van der Waals surface area contributed by atoms with Crippen LogP contribution in [0.15, 0.2) is 30.3 Å². The molecule has 3 atom stereocenters. The number of benzene rings is 1. The molecule has 0 unspecified atom stereocenters. The Balaban J connectivity index is 2.09. The summed E-state index contributed by atoms with van der Waals surface area (Å²) >= 11 is 0. The fourth-order valence-corrected chi connectivity index (χ4v) is 3.66. The smallest absolute Gasteiger partial charge is 0.192 e. The van der Waals surface area contributed by atoms with Crippen LogP contribution in [0.2, 0.25) is 18.1 Å². The van der Waals surface area contributed by atoms with Gasteiger partial charge in [-0.05, 0) is 18.1 Å². The van der Waals surface area contributed by atoms with E-state index in [1.54, 1.807) is 0 Å². The van der Waals surface area contributed by atoms with Gasteiger partial charge in [-0.3, -0.25) is 0 Å². The maximum atomic E-state index is 11.1. The summed E-state index contributed by atoms with van der Waals surface area (Å²) in [4.78, 5) is 11.1. The third kappa shape index (κ3) is 4.50. The Morgan fingerprint density at radius 2 is 1.91 bits per heavy atom. The van der Waals surface area contributed by atoms with Crippen molar-refractivity contribution in [1.82, 2.24) is 0 Å². The molecular formula is C18H28O4Si. The molecule has 0 aromatic heterocycles. The Hall–Kier alpha value is -1.01. The molecule has 0 radical (unpaired) electrons. The third-order valence-corrected chi connectivity index (χ3v) is 9.28. The molecule has 4 nitrogen and oxygen atoms in total. The predicted octanol–water partition coefficient (Wildman–Crippen LogP) is 4.08. The minimum atomic E-state index is -1.94. The summed E-state index contributed by atoms with van der Waals surface area (Å²) in [7, 11) is -1.94. The molecule has 0 N–H and O–H groups in total. The highest BCUT2D eigenvalue weighted by molar-refractivity contribution is 6.74. The van der Waals surface area contributed by atoms with Crippen molar-refractivity contribution in [3.8, 4) is 0 Å². The van der Waals surface area contributed by atoms with Gasteiger partial charge in [0, 0.05) is 12.0 Å². The maximum absolute atomic E-state index is 11.1. The van der Waals surface area contributed by atoms with Gasteiger partial charge < -0.3 is 18.7 Å². The molecule has 1 heterocycles. The van der Waals surface area contributed by atoms with Crippen molar-refractivity contribution in [2.75, 3.05) is 6.61 Å². The monoisotopic (exact) mass is 336 g/mol. The van der Waals surface area contributed by atoms with E-state index in [2.05, 4.69) is 33.9 Å². The van der Waals surface area contributed by atoms with Crippen molar-refractivity contribution in [3.63, 3.8) is 0 Å². The first-order chi connectivity index (χ1) is 10.7. The van der Waals surface area contributed by atoms with Crippen LogP contribution in [0.4, 0.5) is 0 Å². The van der Waals surface area contributed by atoms with E-state index >= 15 is 0 Å². The zero-order valence-corrected chi connectivity index (χ0v) is 15.7. The second-order valence-electron chi connectivity index (χ2n) is 7.57. The SMILES string of the molecule is CC(C)(C)[Si](C)(C)O[C@@H]1CO[C@@H](c2ccccc2)O[C@H]1CC=O. The van der Waals surface area contributed by atoms with Gasteiger partial charge in [-0.25, -0.2) is 0 Å². The minimum absolute atomic E-state index is 0.106. The lowest BCUT2D eigenvalue weighted by Gasteiger charge is -2.44. The van der Waals surface area contributed by atoms with Gasteiger partial charge in [0.05, 0.1) is 18.8 Å². The standard InChI is InChI=1S/C18H28O4Si/c1-18(2,3)23(4,5)22-16-13-20-17(21-15(16)11-12-19)14-9-7-6-8-10-14/h6-10,12,15-17H,11,13H2,1-5H3/t15-,16+,17+/m0/s1. The molecule has 0 amide bonds. The molecule has 0 saturated carbocycles. The zero-order valence-electron chi connectivity index (χ0n) is 14.7. The van der Waals surface area contributed by atoms with Crippen LogP contribution in [0.1, 0.15) is 39.0 Å². The lowest BCUT2D eigenvalue weighted by molar-refractivity contribution is -0.252. The van der Waals surface area contributed by atoms with Crippen LogP contribution in [0.25, 0.3) is 0 Å². The summed E-state index contributed by atoms with van der Waals surface area (Å²) in [5.74, 6) is 0. The molecular weight excluding hydrogens is 308 g/mol. The fraction of sp³-hybridized carbons (Fsp3) is 0.611. The van der Waals surface area contributed by atoms with Crippen LogP contribution in [-0.2, 0) is 18.7 Å². The minimum Gasteiger partial charge on any atom is -0.409 e. The number of ether oxygens (including phenoxy) is 2. The van der Waals surface area contributed by atoms with Gasteiger partial charge >= 0.3 is 0 Å². The van der Waals surface area contributed by atoms with Crippen LogP contribution in [0.3, 0.4) is 0 Å². The van der Waals surface area contributed by atoms with Crippen molar-refractivity contribution in [3.05, 3.63) is 35.9 Å². The first kappa shape index (κ1) is 18.3.